The van der Waals surface area contributed by atoms with Crippen molar-refractivity contribution in [3.05, 3.63) is 65.2 Å². The van der Waals surface area contributed by atoms with Crippen LogP contribution in [-0.2, 0) is 13.1 Å². The second-order valence-electron chi connectivity index (χ2n) is 9.28. The van der Waals surface area contributed by atoms with Gasteiger partial charge in [-0.1, -0.05) is 58.5 Å². The predicted octanol–water partition coefficient (Wildman–Crippen LogP) is 5.12. The topological polar surface area (TPSA) is 93.9 Å². The first kappa shape index (κ1) is 29.2. The first-order chi connectivity index (χ1) is 17.3. The minimum atomic E-state index is -0.292. The SMILES string of the molecule is C=C(c1cc(C(C)C)c(N)cc1O)N(Cc1ccc(CNCCN2CCCC2)cc1)C(=O)NC.CC. The van der Waals surface area contributed by atoms with Gasteiger partial charge in [0, 0.05) is 49.7 Å². The lowest BCUT2D eigenvalue weighted by atomic mass is 9.96. The molecule has 3 rings (SSSR count). The maximum atomic E-state index is 12.7. The molecule has 0 aliphatic carbocycles. The Bertz CT molecular complexity index is 982. The van der Waals surface area contributed by atoms with Crippen LogP contribution in [0.3, 0.4) is 0 Å². The van der Waals surface area contributed by atoms with Crippen molar-refractivity contribution in [2.24, 2.45) is 0 Å². The summed E-state index contributed by atoms with van der Waals surface area (Å²) in [7, 11) is 1.59. The Morgan fingerprint density at radius 1 is 1.14 bits per heavy atom. The molecule has 1 saturated heterocycles. The summed E-state index contributed by atoms with van der Waals surface area (Å²) in [6, 6.07) is 11.3. The Hall–Kier alpha value is -3.03. The van der Waals surface area contributed by atoms with Crippen LogP contribution in [0.4, 0.5) is 10.5 Å². The number of hydrogen-bond donors (Lipinski definition) is 4. The molecule has 0 spiro atoms. The molecule has 7 heteroatoms. The van der Waals surface area contributed by atoms with Crippen molar-refractivity contribution in [2.45, 2.75) is 59.5 Å². The quantitative estimate of drug-likeness (QED) is 0.271. The largest absolute Gasteiger partial charge is 0.507 e. The molecule has 198 valence electrons. The summed E-state index contributed by atoms with van der Waals surface area (Å²) < 4.78 is 0. The number of hydrogen-bond acceptors (Lipinski definition) is 5. The predicted molar refractivity (Wildman–Crippen MR) is 151 cm³/mol. The second kappa shape index (κ2) is 14.5. The van der Waals surface area contributed by atoms with Gasteiger partial charge in [-0.3, -0.25) is 4.90 Å². The molecule has 0 atom stereocenters. The number of amides is 2. The number of carbonyl (C=O) groups is 1. The van der Waals surface area contributed by atoms with E-state index in [4.69, 9.17) is 5.73 Å². The zero-order valence-corrected chi connectivity index (χ0v) is 22.7. The van der Waals surface area contributed by atoms with Gasteiger partial charge < -0.3 is 26.4 Å². The highest BCUT2D eigenvalue weighted by Gasteiger charge is 2.21. The van der Waals surface area contributed by atoms with Gasteiger partial charge in [-0.05, 0) is 54.6 Å². The average molecular weight is 496 g/mol. The summed E-state index contributed by atoms with van der Waals surface area (Å²) in [6.07, 6.45) is 2.63. The van der Waals surface area contributed by atoms with Gasteiger partial charge in [0.15, 0.2) is 0 Å². The van der Waals surface area contributed by atoms with E-state index < -0.39 is 0 Å². The summed E-state index contributed by atoms with van der Waals surface area (Å²) in [5, 5.41) is 16.7. The van der Waals surface area contributed by atoms with Gasteiger partial charge in [0.1, 0.15) is 5.75 Å². The Morgan fingerprint density at radius 3 is 2.33 bits per heavy atom. The van der Waals surface area contributed by atoms with Crippen LogP contribution in [0.2, 0.25) is 0 Å². The fraction of sp³-hybridized carbons (Fsp3) is 0.483. The van der Waals surface area contributed by atoms with Crippen LogP contribution in [0.5, 0.6) is 5.75 Å². The molecular weight excluding hydrogens is 450 g/mol. The van der Waals surface area contributed by atoms with Gasteiger partial charge in [0.05, 0.1) is 6.54 Å². The molecule has 1 fully saturated rings. The van der Waals surface area contributed by atoms with Crippen LogP contribution in [0, 0.1) is 0 Å². The molecule has 0 unspecified atom stereocenters. The normalized spacial score (nSPS) is 13.3. The Morgan fingerprint density at radius 2 is 1.75 bits per heavy atom. The number of likely N-dealkylation sites (tertiary alicyclic amines) is 1. The monoisotopic (exact) mass is 495 g/mol. The molecule has 36 heavy (non-hydrogen) atoms. The van der Waals surface area contributed by atoms with E-state index in [1.54, 1.807) is 11.9 Å². The minimum Gasteiger partial charge on any atom is -0.507 e. The number of urea groups is 1. The number of nitrogens with two attached hydrogens (primary N) is 1. The van der Waals surface area contributed by atoms with Gasteiger partial charge in [-0.25, -0.2) is 4.79 Å². The first-order valence-corrected chi connectivity index (χ1v) is 13.1. The lowest BCUT2D eigenvalue weighted by Crippen LogP contribution is -2.36. The molecule has 2 amide bonds. The molecule has 1 aliphatic heterocycles. The van der Waals surface area contributed by atoms with Crippen LogP contribution in [0.25, 0.3) is 5.70 Å². The van der Waals surface area contributed by atoms with Gasteiger partial charge in [0.2, 0.25) is 0 Å². The molecule has 0 radical (unpaired) electrons. The molecule has 1 heterocycles. The van der Waals surface area contributed by atoms with E-state index in [0.29, 0.717) is 23.5 Å². The van der Waals surface area contributed by atoms with E-state index in [9.17, 15) is 9.90 Å². The Kier molecular flexibility index (Phi) is 11.8. The highest BCUT2D eigenvalue weighted by Crippen LogP contribution is 2.34. The molecule has 2 aromatic carbocycles. The van der Waals surface area contributed by atoms with Crippen LogP contribution < -0.4 is 16.4 Å². The minimum absolute atomic E-state index is 0.0103. The lowest BCUT2D eigenvalue weighted by Gasteiger charge is -2.26. The Balaban J connectivity index is 0.00000222. The lowest BCUT2D eigenvalue weighted by molar-refractivity contribution is 0.219. The summed E-state index contributed by atoms with van der Waals surface area (Å²) >= 11 is 0. The number of nitrogens with one attached hydrogen (secondary N) is 2. The highest BCUT2D eigenvalue weighted by molar-refractivity contribution is 5.86. The van der Waals surface area contributed by atoms with E-state index in [2.05, 4.69) is 34.2 Å². The standard InChI is InChI=1S/C27H39N5O2.C2H6/c1-19(2)23-15-24(26(33)16-25(23)28)20(3)32(27(34)29-4)18-22-9-7-21(8-10-22)17-30-11-14-31-12-5-6-13-31;1-2/h7-10,15-16,19,30,33H,3,5-6,11-14,17-18,28H2,1-2,4H3,(H,29,34);1-2H3. The van der Waals surface area contributed by atoms with E-state index in [-0.39, 0.29) is 17.7 Å². The second-order valence-corrected chi connectivity index (χ2v) is 9.28. The number of nitrogens with zero attached hydrogens (tertiary/aromatic N) is 2. The van der Waals surface area contributed by atoms with E-state index in [1.807, 2.05) is 45.9 Å². The number of benzene rings is 2. The van der Waals surface area contributed by atoms with Crippen molar-refractivity contribution in [2.75, 3.05) is 39.0 Å². The van der Waals surface area contributed by atoms with Crippen LogP contribution in [0.1, 0.15) is 68.7 Å². The molecule has 1 aliphatic rings. The van der Waals surface area contributed by atoms with Crippen molar-refractivity contribution in [1.29, 1.82) is 0 Å². The highest BCUT2D eigenvalue weighted by atomic mass is 16.3. The maximum absolute atomic E-state index is 12.7. The van der Waals surface area contributed by atoms with Crippen LogP contribution >= 0.6 is 0 Å². The number of anilines is 1. The molecule has 0 aromatic heterocycles. The summed E-state index contributed by atoms with van der Waals surface area (Å²) in [4.78, 5) is 16.8. The molecule has 2 aromatic rings. The zero-order chi connectivity index (χ0) is 26.7. The first-order valence-electron chi connectivity index (χ1n) is 13.1. The number of phenolic OH excluding ortho intramolecular Hbond substituents is 1. The third kappa shape index (κ3) is 8.00. The average Bonchev–Trinajstić information content (AvgIpc) is 3.40. The smallest absolute Gasteiger partial charge is 0.321 e. The Labute approximate surface area is 217 Å². The van der Waals surface area contributed by atoms with Gasteiger partial charge in [-0.2, -0.15) is 0 Å². The molecule has 0 saturated carbocycles. The number of rotatable bonds is 10. The van der Waals surface area contributed by atoms with Crippen LogP contribution in [-0.4, -0.2) is 54.2 Å². The summed E-state index contributed by atoms with van der Waals surface area (Å²) in [6.45, 7) is 17.9. The fourth-order valence-electron chi connectivity index (χ4n) is 4.34. The number of nitrogen functional groups attached to an aromatic ring is 1. The van der Waals surface area contributed by atoms with E-state index in [0.717, 1.165) is 30.8 Å². The van der Waals surface area contributed by atoms with Crippen molar-refractivity contribution in [3.8, 4) is 5.75 Å². The van der Waals surface area contributed by atoms with Crippen molar-refractivity contribution >= 4 is 17.4 Å². The third-order valence-corrected chi connectivity index (χ3v) is 6.42. The molecule has 5 N–H and O–H groups in total. The van der Waals surface area contributed by atoms with Crippen molar-refractivity contribution < 1.29 is 9.90 Å². The van der Waals surface area contributed by atoms with E-state index >= 15 is 0 Å². The molecule has 0 bridgehead atoms. The van der Waals surface area contributed by atoms with Crippen LogP contribution in [0.15, 0.2) is 43.0 Å². The molecule has 7 nitrogen and oxygen atoms in total. The van der Waals surface area contributed by atoms with E-state index in [1.165, 1.54) is 37.6 Å². The van der Waals surface area contributed by atoms with Crippen molar-refractivity contribution in [3.63, 3.8) is 0 Å². The fourth-order valence-corrected chi connectivity index (χ4v) is 4.34. The number of carbonyl (C=O) groups excluding carboxylic acids is 1. The summed E-state index contributed by atoms with van der Waals surface area (Å²) in [5.41, 5.74) is 10.6. The molecular formula is C29H45N5O2. The zero-order valence-electron chi connectivity index (χ0n) is 22.7. The van der Waals surface area contributed by atoms with Crippen molar-refractivity contribution in [1.82, 2.24) is 20.4 Å². The summed E-state index contributed by atoms with van der Waals surface area (Å²) in [5.74, 6) is 0.188. The third-order valence-electron chi connectivity index (χ3n) is 6.42. The number of aromatic hydroxyl groups is 1. The van der Waals surface area contributed by atoms with Gasteiger partial charge in [0.25, 0.3) is 0 Å². The maximum Gasteiger partial charge on any atom is 0.321 e. The number of phenols is 1. The van der Waals surface area contributed by atoms with Gasteiger partial charge in [-0.15, -0.1) is 0 Å². The van der Waals surface area contributed by atoms with Gasteiger partial charge >= 0.3 is 6.03 Å².